The monoisotopic (exact) mass is 462 g/mol. The van der Waals surface area contributed by atoms with E-state index in [1.807, 2.05) is 25.1 Å². The number of pyridine rings is 1. The number of aromatic nitrogens is 1. The molecule has 1 saturated heterocycles. The molecule has 1 aliphatic heterocycles. The van der Waals surface area contributed by atoms with Crippen LogP contribution in [0.3, 0.4) is 0 Å². The Hall–Kier alpha value is -3.53. The zero-order chi connectivity index (χ0) is 24.9. The van der Waals surface area contributed by atoms with Crippen LogP contribution in [0.5, 0.6) is 0 Å². The van der Waals surface area contributed by atoms with Crippen LogP contribution in [-0.4, -0.2) is 76.6 Å². The highest BCUT2D eigenvalue weighted by molar-refractivity contribution is 5.89. The molecule has 0 atom stereocenters. The van der Waals surface area contributed by atoms with Gasteiger partial charge in [0, 0.05) is 45.1 Å². The zero-order valence-electron chi connectivity index (χ0n) is 19.1. The van der Waals surface area contributed by atoms with E-state index in [9.17, 15) is 9.18 Å². The molecule has 1 aliphatic rings. The van der Waals surface area contributed by atoms with Crippen molar-refractivity contribution in [1.29, 1.82) is 0 Å². The second kappa shape index (κ2) is 13.8. The molecule has 0 spiro atoms. The molecule has 0 saturated carbocycles. The van der Waals surface area contributed by atoms with E-state index in [-0.39, 0.29) is 24.7 Å². The Balaban J connectivity index is 0.000000819. The van der Waals surface area contributed by atoms with Crippen LogP contribution in [0.15, 0.2) is 42.5 Å². The van der Waals surface area contributed by atoms with Gasteiger partial charge in [-0.25, -0.2) is 4.39 Å². The number of carbonyl (C=O) groups is 3. The van der Waals surface area contributed by atoms with E-state index in [0.717, 1.165) is 31.0 Å². The predicted octanol–water partition coefficient (Wildman–Crippen LogP) is 2.47. The largest absolute Gasteiger partial charge is 0.483 e. The molecule has 1 aromatic carbocycles. The Kier molecular flexibility index (Phi) is 11.5. The summed E-state index contributed by atoms with van der Waals surface area (Å²) in [6, 6.07) is 12.3. The summed E-state index contributed by atoms with van der Waals surface area (Å²) in [5.41, 5.74) is 1.97. The van der Waals surface area contributed by atoms with E-state index >= 15 is 0 Å². The first kappa shape index (κ1) is 27.5. The van der Waals surface area contributed by atoms with Gasteiger partial charge < -0.3 is 20.4 Å². The Bertz CT molecular complexity index is 896. The lowest BCUT2D eigenvalue weighted by atomic mass is 9.85. The van der Waals surface area contributed by atoms with E-state index in [2.05, 4.69) is 15.2 Å². The number of carboxylic acid groups (broad SMARTS) is 2. The molecule has 0 unspecified atom stereocenters. The SMILES string of the molecule is Cc1cccc(CN2CCC(Nc3cccc(F)c3)(C(=O)N(C)C)CC2)n1.O=CO.O=CO. The van der Waals surface area contributed by atoms with Crippen molar-refractivity contribution in [2.45, 2.75) is 31.8 Å². The first-order chi connectivity index (χ1) is 15.7. The number of benzene rings is 1. The third-order valence-electron chi connectivity index (χ3n) is 5.07. The Morgan fingerprint density at radius 1 is 1.15 bits per heavy atom. The molecule has 2 aromatic rings. The summed E-state index contributed by atoms with van der Waals surface area (Å²) in [6.07, 6.45) is 1.32. The van der Waals surface area contributed by atoms with Gasteiger partial charge in [-0.05, 0) is 50.1 Å². The lowest BCUT2D eigenvalue weighted by Gasteiger charge is -2.43. The maximum atomic E-state index is 13.6. The second-order valence-corrected chi connectivity index (χ2v) is 7.67. The fourth-order valence-corrected chi connectivity index (χ4v) is 3.67. The minimum absolute atomic E-state index is 0.0279. The van der Waals surface area contributed by atoms with Gasteiger partial charge in [0.2, 0.25) is 5.91 Å². The number of carbonyl (C=O) groups excluding carboxylic acids is 1. The number of likely N-dealkylation sites (tertiary alicyclic amines) is 1. The summed E-state index contributed by atoms with van der Waals surface area (Å²) in [7, 11) is 3.53. The molecule has 3 N–H and O–H groups in total. The number of anilines is 1. The topological polar surface area (TPSA) is 123 Å². The first-order valence-corrected chi connectivity index (χ1v) is 10.3. The summed E-state index contributed by atoms with van der Waals surface area (Å²) in [5.74, 6) is -0.282. The number of nitrogens with zero attached hydrogens (tertiary/aromatic N) is 3. The molecule has 33 heavy (non-hydrogen) atoms. The maximum Gasteiger partial charge on any atom is 0.290 e. The first-order valence-electron chi connectivity index (χ1n) is 10.3. The van der Waals surface area contributed by atoms with Crippen LogP contribution in [0.2, 0.25) is 0 Å². The van der Waals surface area contributed by atoms with Crippen molar-refractivity contribution in [1.82, 2.24) is 14.8 Å². The van der Waals surface area contributed by atoms with Crippen LogP contribution >= 0.6 is 0 Å². The molecular formula is C23H31FN4O5. The van der Waals surface area contributed by atoms with Crippen molar-refractivity contribution in [3.8, 4) is 0 Å². The van der Waals surface area contributed by atoms with E-state index in [0.29, 0.717) is 18.5 Å². The average molecular weight is 463 g/mol. The minimum atomic E-state index is -0.714. The van der Waals surface area contributed by atoms with Crippen molar-refractivity contribution in [2.24, 2.45) is 0 Å². The van der Waals surface area contributed by atoms with Gasteiger partial charge in [-0.1, -0.05) is 12.1 Å². The fraction of sp³-hybridized carbons (Fsp3) is 0.391. The van der Waals surface area contributed by atoms with Gasteiger partial charge in [-0.3, -0.25) is 24.3 Å². The number of aryl methyl sites for hydroxylation is 1. The standard InChI is InChI=1S/C21H27FN4O.2CH2O2/c1-16-6-4-9-19(23-16)15-26-12-10-21(11-13-26,20(27)25(2)3)24-18-8-5-7-17(22)14-18;2*2-1-3/h4-9,14,24H,10-13,15H2,1-3H3;2*1H,(H,2,3). The van der Waals surface area contributed by atoms with Gasteiger partial charge in [0.1, 0.15) is 11.4 Å². The number of rotatable bonds is 5. The van der Waals surface area contributed by atoms with Crippen LogP contribution in [0, 0.1) is 12.7 Å². The molecule has 180 valence electrons. The number of amides is 1. The molecule has 0 bridgehead atoms. The summed E-state index contributed by atoms with van der Waals surface area (Å²) in [4.78, 5) is 38.2. The summed E-state index contributed by atoms with van der Waals surface area (Å²) >= 11 is 0. The lowest BCUT2D eigenvalue weighted by Crippen LogP contribution is -2.57. The minimum Gasteiger partial charge on any atom is -0.483 e. The smallest absolute Gasteiger partial charge is 0.290 e. The summed E-state index contributed by atoms with van der Waals surface area (Å²) in [6.45, 7) is 3.81. The van der Waals surface area contributed by atoms with E-state index < -0.39 is 5.54 Å². The molecule has 1 aromatic heterocycles. The molecule has 0 aliphatic carbocycles. The van der Waals surface area contributed by atoms with Gasteiger partial charge in [-0.15, -0.1) is 0 Å². The van der Waals surface area contributed by atoms with Gasteiger partial charge in [0.05, 0.1) is 5.69 Å². The highest BCUT2D eigenvalue weighted by Crippen LogP contribution is 2.29. The number of likely N-dealkylation sites (N-methyl/N-ethyl adjacent to an activating group) is 1. The third-order valence-corrected chi connectivity index (χ3v) is 5.07. The van der Waals surface area contributed by atoms with Gasteiger partial charge in [-0.2, -0.15) is 0 Å². The van der Waals surface area contributed by atoms with E-state index in [1.165, 1.54) is 12.1 Å². The van der Waals surface area contributed by atoms with Crippen molar-refractivity contribution in [3.05, 3.63) is 59.7 Å². The Morgan fingerprint density at radius 2 is 1.73 bits per heavy atom. The number of hydrogen-bond donors (Lipinski definition) is 3. The molecule has 9 nitrogen and oxygen atoms in total. The third kappa shape index (κ3) is 8.85. The highest BCUT2D eigenvalue weighted by atomic mass is 19.1. The van der Waals surface area contributed by atoms with Gasteiger partial charge in [0.25, 0.3) is 12.9 Å². The predicted molar refractivity (Wildman–Crippen MR) is 122 cm³/mol. The van der Waals surface area contributed by atoms with Gasteiger partial charge in [0.15, 0.2) is 0 Å². The molecule has 1 amide bonds. The Labute approximate surface area is 192 Å². The molecule has 3 rings (SSSR count). The summed E-state index contributed by atoms with van der Waals surface area (Å²) < 4.78 is 13.6. The molecular weight excluding hydrogens is 431 g/mol. The van der Waals surface area contributed by atoms with Crippen molar-refractivity contribution >= 4 is 24.5 Å². The quantitative estimate of drug-likeness (QED) is 0.579. The number of piperidine rings is 1. The fourth-order valence-electron chi connectivity index (χ4n) is 3.67. The molecule has 1 fully saturated rings. The van der Waals surface area contributed by atoms with Crippen molar-refractivity contribution < 1.29 is 29.0 Å². The number of nitrogens with one attached hydrogen (secondary N) is 1. The Morgan fingerprint density at radius 3 is 2.24 bits per heavy atom. The van der Waals surface area contributed by atoms with E-state index in [1.54, 1.807) is 31.1 Å². The van der Waals surface area contributed by atoms with E-state index in [4.69, 9.17) is 19.8 Å². The normalized spacial score (nSPS) is 14.4. The van der Waals surface area contributed by atoms with Gasteiger partial charge >= 0.3 is 0 Å². The van der Waals surface area contributed by atoms with Crippen LogP contribution in [0.25, 0.3) is 0 Å². The van der Waals surface area contributed by atoms with Crippen molar-refractivity contribution in [3.63, 3.8) is 0 Å². The summed E-state index contributed by atoms with van der Waals surface area (Å²) in [5, 5.41) is 17.1. The molecule has 10 heteroatoms. The van der Waals surface area contributed by atoms with Crippen LogP contribution in [-0.2, 0) is 20.9 Å². The average Bonchev–Trinajstić information content (AvgIpc) is 2.76. The lowest BCUT2D eigenvalue weighted by molar-refractivity contribution is -0.135. The zero-order valence-corrected chi connectivity index (χ0v) is 19.1. The number of halogens is 1. The molecule has 0 radical (unpaired) electrons. The number of hydrogen-bond acceptors (Lipinski definition) is 6. The van der Waals surface area contributed by atoms with Crippen LogP contribution < -0.4 is 5.32 Å². The second-order valence-electron chi connectivity index (χ2n) is 7.67. The van der Waals surface area contributed by atoms with Crippen molar-refractivity contribution in [2.75, 3.05) is 32.5 Å². The highest BCUT2D eigenvalue weighted by Gasteiger charge is 2.42. The molecule has 2 heterocycles. The van der Waals surface area contributed by atoms with Crippen LogP contribution in [0.1, 0.15) is 24.2 Å². The maximum absolute atomic E-state index is 13.6. The van der Waals surface area contributed by atoms with Crippen LogP contribution in [0.4, 0.5) is 10.1 Å².